The van der Waals surface area contributed by atoms with E-state index in [9.17, 15) is 10.2 Å². The first-order valence-corrected chi connectivity index (χ1v) is 9.43. The maximum atomic E-state index is 9.73. The normalized spacial score (nSPS) is 10.9. The number of phenolic OH excluding ortho intramolecular Hbond substituents is 2. The minimum Gasteiger partial charge on any atom is -0.508 e. The van der Waals surface area contributed by atoms with E-state index in [0.717, 1.165) is 46.6 Å². The molecule has 0 fully saturated rings. The minimum atomic E-state index is 0.231. The summed E-state index contributed by atoms with van der Waals surface area (Å²) in [4.78, 5) is 0. The highest BCUT2D eigenvalue weighted by molar-refractivity contribution is 5.83. The Labute approximate surface area is 164 Å². The van der Waals surface area contributed by atoms with E-state index in [-0.39, 0.29) is 11.5 Å². The summed E-state index contributed by atoms with van der Waals surface area (Å²) < 4.78 is 1.97. The standard InChI is InChI=1S/C24H22N2O2/c1-2-6-22-23(17-9-13-20(27)14-10-17)24(18-7-4-3-5-8-18)25-26(22)19-11-15-21(28)16-12-19/h3-5,7-16,27-28H,2,6H2,1H3. The number of benzene rings is 3. The Bertz CT molecular complexity index is 1070. The van der Waals surface area contributed by atoms with Crippen LogP contribution in [0.3, 0.4) is 0 Å². The molecule has 0 aliphatic rings. The van der Waals surface area contributed by atoms with Gasteiger partial charge in [-0.1, -0.05) is 55.8 Å². The fourth-order valence-corrected chi connectivity index (χ4v) is 3.46. The Morgan fingerprint density at radius 1 is 0.750 bits per heavy atom. The predicted molar refractivity (Wildman–Crippen MR) is 112 cm³/mol. The average Bonchev–Trinajstić information content (AvgIpc) is 3.09. The molecule has 2 N–H and O–H groups in total. The molecule has 0 bridgehead atoms. The van der Waals surface area contributed by atoms with Gasteiger partial charge in [-0.2, -0.15) is 5.10 Å². The van der Waals surface area contributed by atoms with Gasteiger partial charge in [-0.05, 0) is 48.4 Å². The maximum Gasteiger partial charge on any atom is 0.115 e. The molecule has 0 aliphatic heterocycles. The van der Waals surface area contributed by atoms with Gasteiger partial charge in [0, 0.05) is 11.1 Å². The number of aromatic nitrogens is 2. The Hall–Kier alpha value is -3.53. The number of nitrogens with zero attached hydrogens (tertiary/aromatic N) is 2. The van der Waals surface area contributed by atoms with Gasteiger partial charge in [0.2, 0.25) is 0 Å². The van der Waals surface area contributed by atoms with Gasteiger partial charge in [0.15, 0.2) is 0 Å². The molecule has 4 nitrogen and oxygen atoms in total. The SMILES string of the molecule is CCCc1c(-c2ccc(O)cc2)c(-c2ccccc2)nn1-c1ccc(O)cc1. The molecular weight excluding hydrogens is 348 g/mol. The van der Waals surface area contributed by atoms with Crippen LogP contribution in [0.25, 0.3) is 28.1 Å². The zero-order valence-electron chi connectivity index (χ0n) is 15.7. The van der Waals surface area contributed by atoms with E-state index in [1.807, 2.05) is 47.1 Å². The molecule has 0 radical (unpaired) electrons. The Kier molecular flexibility index (Phi) is 4.85. The number of aromatic hydroxyl groups is 2. The van der Waals surface area contributed by atoms with Crippen molar-refractivity contribution in [2.24, 2.45) is 0 Å². The smallest absolute Gasteiger partial charge is 0.115 e. The van der Waals surface area contributed by atoms with Crippen LogP contribution in [0, 0.1) is 0 Å². The summed E-state index contributed by atoms with van der Waals surface area (Å²) in [6.07, 6.45) is 1.83. The molecule has 0 atom stereocenters. The number of hydrogen-bond donors (Lipinski definition) is 2. The van der Waals surface area contributed by atoms with Crippen molar-refractivity contribution in [1.29, 1.82) is 0 Å². The summed E-state index contributed by atoms with van der Waals surface area (Å²) in [5, 5.41) is 24.4. The van der Waals surface area contributed by atoms with Crippen LogP contribution in [0.2, 0.25) is 0 Å². The fourth-order valence-electron chi connectivity index (χ4n) is 3.46. The average molecular weight is 370 g/mol. The van der Waals surface area contributed by atoms with Gasteiger partial charge in [0.05, 0.1) is 11.4 Å². The van der Waals surface area contributed by atoms with E-state index in [2.05, 4.69) is 19.1 Å². The molecule has 0 saturated heterocycles. The first-order valence-electron chi connectivity index (χ1n) is 9.43. The van der Waals surface area contributed by atoms with Gasteiger partial charge in [-0.25, -0.2) is 4.68 Å². The molecule has 28 heavy (non-hydrogen) atoms. The van der Waals surface area contributed by atoms with Crippen molar-refractivity contribution in [3.05, 3.63) is 84.6 Å². The fraction of sp³-hybridized carbons (Fsp3) is 0.125. The van der Waals surface area contributed by atoms with Crippen LogP contribution in [-0.4, -0.2) is 20.0 Å². The van der Waals surface area contributed by atoms with E-state index in [4.69, 9.17) is 5.10 Å². The van der Waals surface area contributed by atoms with Gasteiger partial charge < -0.3 is 10.2 Å². The van der Waals surface area contributed by atoms with Gasteiger partial charge in [-0.15, -0.1) is 0 Å². The van der Waals surface area contributed by atoms with Gasteiger partial charge >= 0.3 is 0 Å². The van der Waals surface area contributed by atoms with Crippen molar-refractivity contribution >= 4 is 0 Å². The molecule has 0 unspecified atom stereocenters. The zero-order chi connectivity index (χ0) is 19.5. The molecule has 0 aliphatic carbocycles. The lowest BCUT2D eigenvalue weighted by atomic mass is 9.97. The molecule has 1 heterocycles. The van der Waals surface area contributed by atoms with Gasteiger partial charge in [-0.3, -0.25) is 0 Å². The Morgan fingerprint density at radius 2 is 1.36 bits per heavy atom. The van der Waals surface area contributed by atoms with Crippen LogP contribution in [0.1, 0.15) is 19.0 Å². The molecule has 140 valence electrons. The van der Waals surface area contributed by atoms with E-state index >= 15 is 0 Å². The van der Waals surface area contributed by atoms with E-state index in [1.165, 1.54) is 0 Å². The lowest BCUT2D eigenvalue weighted by Gasteiger charge is -2.10. The zero-order valence-corrected chi connectivity index (χ0v) is 15.7. The summed E-state index contributed by atoms with van der Waals surface area (Å²) >= 11 is 0. The molecule has 4 aromatic rings. The number of hydrogen-bond acceptors (Lipinski definition) is 3. The maximum absolute atomic E-state index is 9.73. The summed E-state index contributed by atoms with van der Waals surface area (Å²) in [5.41, 5.74) is 6.05. The van der Waals surface area contributed by atoms with Crippen LogP contribution in [-0.2, 0) is 6.42 Å². The van der Waals surface area contributed by atoms with Crippen molar-refractivity contribution in [1.82, 2.24) is 9.78 Å². The van der Waals surface area contributed by atoms with Crippen LogP contribution in [0.5, 0.6) is 11.5 Å². The quantitative estimate of drug-likeness (QED) is 0.483. The first kappa shape index (κ1) is 17.9. The van der Waals surface area contributed by atoms with E-state index in [1.54, 1.807) is 24.3 Å². The highest BCUT2D eigenvalue weighted by Crippen LogP contribution is 2.37. The van der Waals surface area contributed by atoms with Crippen molar-refractivity contribution in [2.45, 2.75) is 19.8 Å². The van der Waals surface area contributed by atoms with Crippen molar-refractivity contribution in [3.8, 4) is 39.6 Å². The predicted octanol–water partition coefficient (Wildman–Crippen LogP) is 5.57. The van der Waals surface area contributed by atoms with Crippen LogP contribution >= 0.6 is 0 Å². The second-order valence-electron chi connectivity index (χ2n) is 6.76. The molecular formula is C24H22N2O2. The first-order chi connectivity index (χ1) is 13.7. The minimum absolute atomic E-state index is 0.231. The lowest BCUT2D eigenvalue weighted by Crippen LogP contribution is -2.02. The molecule has 4 rings (SSSR count). The Balaban J connectivity index is 2.00. The van der Waals surface area contributed by atoms with Crippen LogP contribution in [0.15, 0.2) is 78.9 Å². The number of phenols is 2. The van der Waals surface area contributed by atoms with Gasteiger partial charge in [0.1, 0.15) is 17.2 Å². The second kappa shape index (κ2) is 7.61. The van der Waals surface area contributed by atoms with E-state index in [0.29, 0.717) is 0 Å². The molecule has 4 heteroatoms. The summed E-state index contributed by atoms with van der Waals surface area (Å²) in [7, 11) is 0. The van der Waals surface area contributed by atoms with Crippen molar-refractivity contribution in [3.63, 3.8) is 0 Å². The highest BCUT2D eigenvalue weighted by Gasteiger charge is 2.21. The van der Waals surface area contributed by atoms with Crippen molar-refractivity contribution in [2.75, 3.05) is 0 Å². The largest absolute Gasteiger partial charge is 0.508 e. The molecule has 1 aromatic heterocycles. The van der Waals surface area contributed by atoms with E-state index < -0.39 is 0 Å². The van der Waals surface area contributed by atoms with Crippen LogP contribution in [0.4, 0.5) is 0 Å². The third-order valence-electron chi connectivity index (χ3n) is 4.77. The third-order valence-corrected chi connectivity index (χ3v) is 4.77. The van der Waals surface area contributed by atoms with Crippen molar-refractivity contribution < 1.29 is 10.2 Å². The summed E-state index contributed by atoms with van der Waals surface area (Å²) in [5.74, 6) is 0.475. The summed E-state index contributed by atoms with van der Waals surface area (Å²) in [6.45, 7) is 2.15. The monoisotopic (exact) mass is 370 g/mol. The molecule has 0 saturated carbocycles. The topological polar surface area (TPSA) is 58.3 Å². The molecule has 0 amide bonds. The lowest BCUT2D eigenvalue weighted by molar-refractivity contribution is 0.474. The highest BCUT2D eigenvalue weighted by atomic mass is 16.3. The third kappa shape index (κ3) is 3.37. The molecule has 3 aromatic carbocycles. The molecule has 0 spiro atoms. The number of rotatable bonds is 5. The van der Waals surface area contributed by atoms with Gasteiger partial charge in [0.25, 0.3) is 0 Å². The second-order valence-corrected chi connectivity index (χ2v) is 6.76. The Morgan fingerprint density at radius 3 is 1.96 bits per heavy atom. The van der Waals surface area contributed by atoms with Crippen LogP contribution < -0.4 is 0 Å². The summed E-state index contributed by atoms with van der Waals surface area (Å²) in [6, 6.07) is 24.5.